The van der Waals surface area contributed by atoms with Crippen LogP contribution >= 0.6 is 11.6 Å². The molecule has 0 aromatic heterocycles. The van der Waals surface area contributed by atoms with Crippen LogP contribution in [0.1, 0.15) is 29.0 Å². The predicted molar refractivity (Wildman–Crippen MR) is 125 cm³/mol. The molecule has 0 bridgehead atoms. The summed E-state index contributed by atoms with van der Waals surface area (Å²) >= 11 is 6.04. The number of sulfonamides is 1. The molecule has 4 rings (SSSR count). The smallest absolute Gasteiger partial charge is 0.246 e. The molecule has 0 saturated heterocycles. The van der Waals surface area contributed by atoms with Gasteiger partial charge in [0, 0.05) is 17.5 Å². The molecule has 6 nitrogen and oxygen atoms in total. The third kappa shape index (κ3) is 4.84. The average Bonchev–Trinajstić information content (AvgIpc) is 2.80. The summed E-state index contributed by atoms with van der Waals surface area (Å²) in [6, 6.07) is 22.6. The van der Waals surface area contributed by atoms with Gasteiger partial charge < -0.3 is 0 Å². The van der Waals surface area contributed by atoms with Crippen LogP contribution in [-0.4, -0.2) is 31.7 Å². The number of hydrogen-bond donors (Lipinski definition) is 1. The van der Waals surface area contributed by atoms with Gasteiger partial charge in [-0.1, -0.05) is 71.8 Å². The minimum absolute atomic E-state index is 0.0255. The quantitative estimate of drug-likeness (QED) is 0.590. The second kappa shape index (κ2) is 9.14. The van der Waals surface area contributed by atoms with Gasteiger partial charge in [0.2, 0.25) is 0 Å². The van der Waals surface area contributed by atoms with Crippen LogP contribution in [0.2, 0.25) is 5.02 Å². The lowest BCUT2D eigenvalue weighted by Gasteiger charge is -2.30. The molecule has 1 aliphatic rings. The molecule has 1 unspecified atom stereocenters. The summed E-state index contributed by atoms with van der Waals surface area (Å²) in [7, 11) is -4.01. The van der Waals surface area contributed by atoms with Crippen molar-refractivity contribution in [1.82, 2.24) is 9.73 Å². The number of amides is 2. The maximum Gasteiger partial charge on any atom is 0.351 e. The molecule has 8 heteroatoms. The molecule has 1 heterocycles. The summed E-state index contributed by atoms with van der Waals surface area (Å²) in [5, 5.41) is 6.33. The normalized spacial score (nSPS) is 16.4. The lowest BCUT2D eigenvalue weighted by atomic mass is 9.86. The van der Waals surface area contributed by atoms with Crippen LogP contribution in [0.5, 0.6) is 0 Å². The molecule has 3 aromatic rings. The fraction of sp³-hybridized carbons (Fsp3) is 0.167. The molecule has 2 amide bonds. The number of hydrazone groups is 1. The number of benzene rings is 3. The third-order valence-corrected chi connectivity index (χ3v) is 6.91. The minimum Gasteiger partial charge on any atom is -0.246 e. The van der Waals surface area contributed by atoms with E-state index in [4.69, 9.17) is 11.6 Å². The van der Waals surface area contributed by atoms with Crippen molar-refractivity contribution in [3.63, 3.8) is 0 Å². The van der Waals surface area contributed by atoms with Gasteiger partial charge >= 0.3 is 6.03 Å². The van der Waals surface area contributed by atoms with Crippen LogP contribution in [0.15, 0.2) is 88.9 Å². The van der Waals surface area contributed by atoms with Crippen molar-refractivity contribution in [2.45, 2.75) is 24.2 Å². The van der Waals surface area contributed by atoms with Crippen LogP contribution in [-0.2, 0) is 10.0 Å². The lowest BCUT2D eigenvalue weighted by Crippen LogP contribution is -2.43. The highest BCUT2D eigenvalue weighted by Gasteiger charge is 2.30. The van der Waals surface area contributed by atoms with Crippen molar-refractivity contribution in [1.29, 1.82) is 0 Å². The van der Waals surface area contributed by atoms with E-state index in [9.17, 15) is 13.2 Å². The Bertz CT molecular complexity index is 1240. The summed E-state index contributed by atoms with van der Waals surface area (Å²) < 4.78 is 27.4. The van der Waals surface area contributed by atoms with Crippen LogP contribution in [0.25, 0.3) is 0 Å². The molecular weight excluding hydrogens is 446 g/mol. The molecule has 0 radical (unpaired) electrons. The molecule has 1 N–H and O–H groups in total. The third-order valence-electron chi connectivity index (χ3n) is 5.32. The Labute approximate surface area is 192 Å². The number of rotatable bonds is 4. The van der Waals surface area contributed by atoms with E-state index >= 15 is 0 Å². The van der Waals surface area contributed by atoms with Crippen LogP contribution in [0.3, 0.4) is 0 Å². The van der Waals surface area contributed by atoms with Crippen molar-refractivity contribution in [2.75, 3.05) is 6.54 Å². The predicted octanol–water partition coefficient (Wildman–Crippen LogP) is 4.94. The zero-order valence-corrected chi connectivity index (χ0v) is 19.0. The number of carbonyl (C=O) groups is 1. The average molecular weight is 468 g/mol. The van der Waals surface area contributed by atoms with Gasteiger partial charge in [0.1, 0.15) is 0 Å². The highest BCUT2D eigenvalue weighted by molar-refractivity contribution is 7.90. The van der Waals surface area contributed by atoms with Gasteiger partial charge in [-0.05, 0) is 48.7 Å². The van der Waals surface area contributed by atoms with E-state index in [0.717, 1.165) is 16.7 Å². The Morgan fingerprint density at radius 1 is 1.00 bits per heavy atom. The van der Waals surface area contributed by atoms with Gasteiger partial charge in [0.05, 0.1) is 10.6 Å². The summed E-state index contributed by atoms with van der Waals surface area (Å²) in [6.45, 7) is 2.14. The van der Waals surface area contributed by atoms with E-state index in [-0.39, 0.29) is 17.4 Å². The maximum absolute atomic E-state index is 12.8. The van der Waals surface area contributed by atoms with Crippen molar-refractivity contribution in [3.8, 4) is 0 Å². The van der Waals surface area contributed by atoms with Crippen molar-refractivity contribution in [3.05, 3.63) is 101 Å². The number of nitrogens with zero attached hydrogens (tertiary/aromatic N) is 2. The van der Waals surface area contributed by atoms with Gasteiger partial charge in [-0.2, -0.15) is 5.10 Å². The number of halogens is 1. The van der Waals surface area contributed by atoms with E-state index in [1.807, 2.05) is 49.4 Å². The van der Waals surface area contributed by atoms with E-state index in [2.05, 4.69) is 9.82 Å². The Morgan fingerprint density at radius 3 is 2.31 bits per heavy atom. The van der Waals surface area contributed by atoms with E-state index in [0.29, 0.717) is 17.2 Å². The van der Waals surface area contributed by atoms with Crippen molar-refractivity contribution >= 4 is 33.4 Å². The van der Waals surface area contributed by atoms with Crippen LogP contribution in [0.4, 0.5) is 4.79 Å². The molecule has 0 spiro atoms. The molecule has 1 atom stereocenters. The standard InChI is InChI=1S/C24H22ClN3O3S/c1-17-7-13-21(14-8-17)32(30,31)27-24(29)28-16-15-22(18-5-3-2-4-6-18)23(26-28)19-9-11-20(25)12-10-19/h2-14,22H,15-16H2,1H3,(H,27,29). The van der Waals surface area contributed by atoms with Gasteiger partial charge in [0.15, 0.2) is 0 Å². The largest absolute Gasteiger partial charge is 0.351 e. The van der Waals surface area contributed by atoms with Gasteiger partial charge in [-0.15, -0.1) is 0 Å². The van der Waals surface area contributed by atoms with Gasteiger partial charge in [-0.3, -0.25) is 0 Å². The van der Waals surface area contributed by atoms with Crippen LogP contribution in [0, 0.1) is 6.92 Å². The number of urea groups is 1. The Morgan fingerprint density at radius 2 is 1.66 bits per heavy atom. The molecule has 164 valence electrons. The minimum atomic E-state index is -4.01. The molecule has 32 heavy (non-hydrogen) atoms. The highest BCUT2D eigenvalue weighted by atomic mass is 35.5. The lowest BCUT2D eigenvalue weighted by molar-refractivity contribution is 0.202. The first-order chi connectivity index (χ1) is 15.3. The molecular formula is C24H22ClN3O3S. The summed E-state index contributed by atoms with van der Waals surface area (Å²) in [5.41, 5.74) is 3.51. The highest BCUT2D eigenvalue weighted by Crippen LogP contribution is 2.30. The second-order valence-corrected chi connectivity index (χ2v) is 9.71. The van der Waals surface area contributed by atoms with Crippen LogP contribution < -0.4 is 4.72 Å². The number of hydrogen-bond acceptors (Lipinski definition) is 4. The van der Waals surface area contributed by atoms with Crippen molar-refractivity contribution < 1.29 is 13.2 Å². The number of carbonyl (C=O) groups excluding carboxylic acids is 1. The first kappa shape index (κ1) is 22.0. The molecule has 0 aliphatic carbocycles. The molecule has 3 aromatic carbocycles. The fourth-order valence-corrected chi connectivity index (χ4v) is 4.69. The SMILES string of the molecule is Cc1ccc(S(=O)(=O)NC(=O)N2CCC(c3ccccc3)C(c3ccc(Cl)cc3)=N2)cc1. The number of aryl methyl sites for hydroxylation is 1. The fourth-order valence-electron chi connectivity index (χ4n) is 3.62. The maximum atomic E-state index is 12.8. The number of nitrogens with one attached hydrogen (secondary N) is 1. The Hall–Kier alpha value is -3.16. The molecule has 0 fully saturated rings. The first-order valence-electron chi connectivity index (χ1n) is 10.1. The Balaban J connectivity index is 1.64. The molecule has 1 aliphatic heterocycles. The van der Waals surface area contributed by atoms with Gasteiger partial charge in [-0.25, -0.2) is 22.9 Å². The monoisotopic (exact) mass is 467 g/mol. The summed E-state index contributed by atoms with van der Waals surface area (Å²) in [6.07, 6.45) is 0.601. The first-order valence-corrected chi connectivity index (χ1v) is 12.0. The van der Waals surface area contributed by atoms with Gasteiger partial charge in [0.25, 0.3) is 10.0 Å². The zero-order chi connectivity index (χ0) is 22.7. The van der Waals surface area contributed by atoms with E-state index in [1.54, 1.807) is 24.3 Å². The van der Waals surface area contributed by atoms with E-state index < -0.39 is 16.1 Å². The Kier molecular flexibility index (Phi) is 6.30. The van der Waals surface area contributed by atoms with Crippen molar-refractivity contribution in [2.24, 2.45) is 5.10 Å². The summed E-state index contributed by atoms with van der Waals surface area (Å²) in [4.78, 5) is 12.9. The van der Waals surface area contributed by atoms with E-state index in [1.165, 1.54) is 17.1 Å². The topological polar surface area (TPSA) is 78.8 Å². The summed E-state index contributed by atoms with van der Waals surface area (Å²) in [5.74, 6) is -0.0323. The second-order valence-electron chi connectivity index (χ2n) is 7.59. The zero-order valence-electron chi connectivity index (χ0n) is 17.4. The molecule has 0 saturated carbocycles.